The molecule has 2 aliphatic rings. The maximum Gasteiger partial charge on any atom is 0.276 e. The Labute approximate surface area is 149 Å². The summed E-state index contributed by atoms with van der Waals surface area (Å²) in [7, 11) is 0. The molecular weight excluding hydrogens is 434 g/mol. The molecule has 1 aromatic rings. The van der Waals surface area contributed by atoms with E-state index in [-0.39, 0.29) is 11.3 Å². The lowest BCUT2D eigenvalue weighted by atomic mass is 10.1. The predicted molar refractivity (Wildman–Crippen MR) is 94.3 cm³/mol. The zero-order valence-electron chi connectivity index (χ0n) is 11.9. The second-order valence-corrected chi connectivity index (χ2v) is 6.85. The highest BCUT2D eigenvalue weighted by atomic mass is 127. The first-order valence-electron chi connectivity index (χ1n) is 6.53. The van der Waals surface area contributed by atoms with Crippen LogP contribution in [0.25, 0.3) is 0 Å². The van der Waals surface area contributed by atoms with E-state index < -0.39 is 11.9 Å². The van der Waals surface area contributed by atoms with Crippen LogP contribution < -0.4 is 15.5 Å². The summed E-state index contributed by atoms with van der Waals surface area (Å²) < 4.78 is 20.0. The predicted octanol–water partition coefficient (Wildman–Crippen LogP) is 2.91. The quantitative estimate of drug-likeness (QED) is 0.188. The molecule has 23 heavy (non-hydrogen) atoms. The van der Waals surface area contributed by atoms with Crippen molar-refractivity contribution < 1.29 is 14.4 Å². The lowest BCUT2D eigenvalue weighted by molar-refractivity contribution is -0.125. The number of carbonyl (C=O) groups excluding carboxylic acids is 1. The number of amides is 1. The van der Waals surface area contributed by atoms with Crippen LogP contribution in [0.2, 0.25) is 0 Å². The molecule has 120 valence electrons. The Morgan fingerprint density at radius 2 is 2.26 bits per heavy atom. The first kappa shape index (κ1) is 16.1. The highest BCUT2D eigenvalue weighted by molar-refractivity contribution is 14.1. The Balaban J connectivity index is 2.03. The van der Waals surface area contributed by atoms with Gasteiger partial charge in [0.1, 0.15) is 5.70 Å². The molecule has 0 aromatic heterocycles. The summed E-state index contributed by atoms with van der Waals surface area (Å²) >= 11 is 3.24. The van der Waals surface area contributed by atoms with E-state index in [1.54, 1.807) is 11.7 Å². The number of nitrogens with zero attached hydrogens (tertiary/aromatic N) is 1. The number of aryl methyl sites for hydroxylation is 1. The monoisotopic (exact) mass is 446 g/mol. The number of hydrogen-bond donors (Lipinski definition) is 4. The van der Waals surface area contributed by atoms with E-state index in [2.05, 4.69) is 32.6 Å². The first-order valence-corrected chi connectivity index (χ1v) is 8.38. The molecule has 0 radical (unpaired) electrons. The summed E-state index contributed by atoms with van der Waals surface area (Å²) in [6, 6.07) is 5.63. The normalized spacial score (nSPS) is 16.4. The summed E-state index contributed by atoms with van der Waals surface area (Å²) in [6.07, 6.45) is 3.06. The van der Waals surface area contributed by atoms with Gasteiger partial charge in [-0.1, -0.05) is 0 Å². The van der Waals surface area contributed by atoms with Gasteiger partial charge < -0.3 is 10.0 Å². The second-order valence-electron chi connectivity index (χ2n) is 4.82. The van der Waals surface area contributed by atoms with Gasteiger partial charge in [0.15, 0.2) is 0 Å². The van der Waals surface area contributed by atoms with Crippen LogP contribution in [0.4, 0.5) is 10.1 Å². The van der Waals surface area contributed by atoms with Crippen molar-refractivity contribution in [3.05, 3.63) is 62.5 Å². The third-order valence-corrected chi connectivity index (χ3v) is 4.77. The first-order chi connectivity index (χ1) is 11.0. The minimum atomic E-state index is -0.789. The molecule has 0 spiro atoms. The third kappa shape index (κ3) is 3.03. The number of halogens is 2. The van der Waals surface area contributed by atoms with E-state index in [9.17, 15) is 9.18 Å². The molecule has 3 rings (SSSR count). The number of hydrogen-bond acceptors (Lipinski definition) is 6. The van der Waals surface area contributed by atoms with Gasteiger partial charge in [0.2, 0.25) is 5.95 Å². The fraction of sp³-hybridized carbons (Fsp3) is 0.0714. The molecule has 0 bridgehead atoms. The highest BCUT2D eigenvalue weighted by Gasteiger charge is 2.32. The fourth-order valence-electron chi connectivity index (χ4n) is 2.20. The molecule has 1 amide bonds. The SMILES string of the molecule is Cc1cc(I)ccc1NC1=C(F)N2SNC=C2C=C1C(=O)NO. The maximum atomic E-state index is 14.8. The van der Waals surface area contributed by atoms with Crippen LogP contribution in [0.3, 0.4) is 0 Å². The van der Waals surface area contributed by atoms with Crippen LogP contribution in [0.1, 0.15) is 5.56 Å². The van der Waals surface area contributed by atoms with Crippen molar-refractivity contribution in [1.29, 1.82) is 0 Å². The van der Waals surface area contributed by atoms with E-state index in [1.807, 2.05) is 25.1 Å². The molecule has 0 unspecified atom stereocenters. The van der Waals surface area contributed by atoms with Gasteiger partial charge >= 0.3 is 0 Å². The molecule has 1 aromatic carbocycles. The summed E-state index contributed by atoms with van der Waals surface area (Å²) in [5, 5.41) is 11.9. The Morgan fingerprint density at radius 3 is 2.96 bits per heavy atom. The van der Waals surface area contributed by atoms with Gasteiger partial charge in [-0.15, -0.1) is 0 Å². The smallest absolute Gasteiger partial charge is 0.276 e. The van der Waals surface area contributed by atoms with Gasteiger partial charge in [0.25, 0.3) is 5.91 Å². The van der Waals surface area contributed by atoms with Crippen LogP contribution in [0.5, 0.6) is 0 Å². The molecule has 6 nitrogen and oxygen atoms in total. The van der Waals surface area contributed by atoms with Gasteiger partial charge in [-0.25, -0.2) is 9.79 Å². The minimum Gasteiger partial charge on any atom is -0.351 e. The fourth-order valence-corrected chi connectivity index (χ4v) is 3.51. The molecule has 0 atom stereocenters. The number of rotatable bonds is 3. The van der Waals surface area contributed by atoms with Crippen molar-refractivity contribution in [2.45, 2.75) is 6.92 Å². The number of carbonyl (C=O) groups is 1. The van der Waals surface area contributed by atoms with E-state index in [1.165, 1.54) is 10.4 Å². The molecule has 2 heterocycles. The van der Waals surface area contributed by atoms with Crippen LogP contribution in [-0.4, -0.2) is 15.4 Å². The summed E-state index contributed by atoms with van der Waals surface area (Å²) in [5.74, 6) is -1.41. The molecule has 0 saturated heterocycles. The lowest BCUT2D eigenvalue weighted by Crippen LogP contribution is -2.29. The average molecular weight is 446 g/mol. The topological polar surface area (TPSA) is 76.6 Å². The number of fused-ring (bicyclic) bond motifs is 1. The van der Waals surface area contributed by atoms with E-state index in [0.717, 1.165) is 21.3 Å². The Kier molecular flexibility index (Phi) is 4.50. The number of allylic oxidation sites excluding steroid dienone is 1. The van der Waals surface area contributed by atoms with Crippen LogP contribution >= 0.6 is 34.7 Å². The van der Waals surface area contributed by atoms with Crippen molar-refractivity contribution >= 4 is 46.3 Å². The highest BCUT2D eigenvalue weighted by Crippen LogP contribution is 2.38. The van der Waals surface area contributed by atoms with E-state index in [4.69, 9.17) is 5.21 Å². The second kappa shape index (κ2) is 6.42. The van der Waals surface area contributed by atoms with Crippen molar-refractivity contribution in [3.63, 3.8) is 0 Å². The van der Waals surface area contributed by atoms with Crippen molar-refractivity contribution in [3.8, 4) is 0 Å². The maximum absolute atomic E-state index is 14.8. The molecule has 0 saturated carbocycles. The van der Waals surface area contributed by atoms with Gasteiger partial charge in [-0.3, -0.25) is 10.0 Å². The van der Waals surface area contributed by atoms with Gasteiger partial charge in [0, 0.05) is 15.5 Å². The average Bonchev–Trinajstić information content (AvgIpc) is 3.00. The van der Waals surface area contributed by atoms with Crippen molar-refractivity contribution in [2.24, 2.45) is 0 Å². The molecule has 0 fully saturated rings. The Bertz CT molecular complexity index is 778. The Hall–Kier alpha value is -1.72. The van der Waals surface area contributed by atoms with Crippen molar-refractivity contribution in [2.75, 3.05) is 5.32 Å². The third-order valence-electron chi connectivity index (χ3n) is 3.33. The van der Waals surface area contributed by atoms with E-state index >= 15 is 0 Å². The molecule has 2 aliphatic heterocycles. The zero-order valence-corrected chi connectivity index (χ0v) is 14.8. The molecule has 0 aliphatic carbocycles. The Morgan fingerprint density at radius 1 is 1.48 bits per heavy atom. The number of benzene rings is 1. The summed E-state index contributed by atoms with van der Waals surface area (Å²) in [6.45, 7) is 1.89. The number of anilines is 1. The molecule has 4 N–H and O–H groups in total. The molecule has 9 heteroatoms. The standard InChI is InChI=1S/C14H12FIN4O2S/c1-7-4-8(16)2-3-11(7)18-12-10(14(21)19-22)5-9-6-17-23-20(9)13(12)15/h2-6,17-18,22H,1H3,(H,19,21). The minimum absolute atomic E-state index is 0.00536. The van der Waals surface area contributed by atoms with Gasteiger partial charge in [-0.05, 0) is 59.4 Å². The number of nitrogens with one attached hydrogen (secondary N) is 3. The van der Waals surface area contributed by atoms with Crippen LogP contribution in [0, 0.1) is 10.5 Å². The molecular formula is C14H12FIN4O2S. The van der Waals surface area contributed by atoms with Gasteiger partial charge in [-0.2, -0.15) is 4.39 Å². The lowest BCUT2D eigenvalue weighted by Gasteiger charge is -2.25. The summed E-state index contributed by atoms with van der Waals surface area (Å²) in [4.78, 5) is 11.9. The van der Waals surface area contributed by atoms with Crippen LogP contribution in [0.15, 0.2) is 53.4 Å². The van der Waals surface area contributed by atoms with Crippen molar-refractivity contribution in [1.82, 2.24) is 14.5 Å². The van der Waals surface area contributed by atoms with E-state index in [0.29, 0.717) is 11.4 Å². The zero-order chi connectivity index (χ0) is 16.6. The number of hydroxylamine groups is 1. The van der Waals surface area contributed by atoms with Crippen LogP contribution in [-0.2, 0) is 4.79 Å². The largest absolute Gasteiger partial charge is 0.351 e. The van der Waals surface area contributed by atoms with Gasteiger partial charge in [0.05, 0.1) is 23.4 Å². The summed E-state index contributed by atoms with van der Waals surface area (Å²) in [5.41, 5.74) is 3.63.